The molecule has 0 atom stereocenters. The summed E-state index contributed by atoms with van der Waals surface area (Å²) in [5.74, 6) is 0. The third-order valence-electron chi connectivity index (χ3n) is 2.44. The second kappa shape index (κ2) is 5.67. The van der Waals surface area contributed by atoms with Crippen LogP contribution in [0.3, 0.4) is 0 Å². The summed E-state index contributed by atoms with van der Waals surface area (Å²) in [6.07, 6.45) is 0. The van der Waals surface area contributed by atoms with E-state index < -0.39 is 0 Å². The summed E-state index contributed by atoms with van der Waals surface area (Å²) in [6.45, 7) is 8.31. The first-order valence-corrected chi connectivity index (χ1v) is 7.15. The van der Waals surface area contributed by atoms with Gasteiger partial charge in [-0.3, -0.25) is 0 Å². The Morgan fingerprint density at radius 3 is 1.35 bits per heavy atom. The third-order valence-corrected chi connectivity index (χ3v) is 4.46. The Bertz CT molecular complexity index is 462. The Morgan fingerprint density at radius 1 is 0.647 bits per heavy atom. The van der Waals surface area contributed by atoms with E-state index in [2.05, 4.69) is 37.4 Å². The van der Waals surface area contributed by atoms with Crippen molar-refractivity contribution < 1.29 is 0 Å². The van der Waals surface area contributed by atoms with Gasteiger partial charge in [0.25, 0.3) is 0 Å². The van der Waals surface area contributed by atoms with Crippen LogP contribution in [-0.2, 0) is 0 Å². The van der Waals surface area contributed by atoms with Crippen LogP contribution in [0.4, 0.5) is 0 Å². The Morgan fingerprint density at radius 2 is 1.00 bits per heavy atom. The Hall–Kier alpha value is -1.56. The fourth-order valence-corrected chi connectivity index (χ4v) is 3.20. The first-order chi connectivity index (χ1) is 8.27. The molecule has 0 aliphatic heterocycles. The van der Waals surface area contributed by atoms with Gasteiger partial charge in [0.15, 0.2) is 0 Å². The molecule has 0 bridgehead atoms. The number of hydrogen-bond acceptors (Lipinski definition) is 0. The number of rotatable bonds is 4. The molecule has 84 valence electrons. The summed E-state index contributed by atoms with van der Waals surface area (Å²) in [5, 5.41) is 0. The van der Waals surface area contributed by atoms with Gasteiger partial charge in [-0.15, -0.1) is 0 Å². The van der Waals surface area contributed by atoms with Crippen molar-refractivity contribution in [2.45, 2.75) is 0 Å². The molecular formula is C16H14Se. The zero-order chi connectivity index (χ0) is 12.1. The zero-order valence-corrected chi connectivity index (χ0v) is 11.3. The van der Waals surface area contributed by atoms with Gasteiger partial charge in [0.05, 0.1) is 0 Å². The average molecular weight is 285 g/mol. The molecular weight excluding hydrogens is 271 g/mol. The summed E-state index contributed by atoms with van der Waals surface area (Å²) in [6, 6.07) is 20.6. The van der Waals surface area contributed by atoms with Crippen LogP contribution in [-0.4, -0.2) is 15.0 Å². The van der Waals surface area contributed by atoms with E-state index in [1.807, 2.05) is 36.4 Å². The molecule has 0 spiro atoms. The van der Waals surface area contributed by atoms with Crippen LogP contribution in [0.1, 0.15) is 11.1 Å². The molecule has 0 heterocycles. The molecule has 0 fully saturated rings. The van der Waals surface area contributed by atoms with Gasteiger partial charge in [-0.2, -0.15) is 0 Å². The third kappa shape index (κ3) is 3.20. The summed E-state index contributed by atoms with van der Waals surface area (Å²) in [7, 11) is 0. The zero-order valence-electron chi connectivity index (χ0n) is 9.60. The van der Waals surface area contributed by atoms with Crippen LogP contribution in [0, 0.1) is 0 Å². The van der Waals surface area contributed by atoms with E-state index in [0.29, 0.717) is 0 Å². The molecule has 2 aromatic carbocycles. The van der Waals surface area contributed by atoms with E-state index in [0.717, 1.165) is 0 Å². The fourth-order valence-electron chi connectivity index (χ4n) is 1.51. The van der Waals surface area contributed by atoms with Gasteiger partial charge < -0.3 is 0 Å². The monoisotopic (exact) mass is 286 g/mol. The second-order valence-corrected chi connectivity index (χ2v) is 6.18. The van der Waals surface area contributed by atoms with E-state index in [9.17, 15) is 0 Å². The minimum atomic E-state index is 0.211. The summed E-state index contributed by atoms with van der Waals surface area (Å²) < 4.78 is 2.35. The van der Waals surface area contributed by atoms with Crippen molar-refractivity contribution in [3.8, 4) is 0 Å². The molecule has 0 radical (unpaired) electrons. The van der Waals surface area contributed by atoms with Crippen LogP contribution < -0.4 is 0 Å². The quantitative estimate of drug-likeness (QED) is 0.744. The van der Waals surface area contributed by atoms with Crippen LogP contribution in [0.25, 0.3) is 8.94 Å². The standard InChI is InChI=1S/C16H14Se/c1-13(15-9-5-3-6-10-15)17-14(2)16-11-7-4-8-12-16/h3-12H,1-2H2. The van der Waals surface area contributed by atoms with Gasteiger partial charge in [-0.05, 0) is 0 Å². The Labute approximate surface area is 109 Å². The maximum atomic E-state index is 4.16. The molecule has 0 aliphatic carbocycles. The van der Waals surface area contributed by atoms with Gasteiger partial charge >= 0.3 is 109 Å². The molecule has 0 aliphatic rings. The van der Waals surface area contributed by atoms with Crippen molar-refractivity contribution in [1.82, 2.24) is 0 Å². The van der Waals surface area contributed by atoms with Crippen molar-refractivity contribution in [3.63, 3.8) is 0 Å². The van der Waals surface area contributed by atoms with Crippen LogP contribution in [0.2, 0.25) is 0 Å². The molecule has 17 heavy (non-hydrogen) atoms. The van der Waals surface area contributed by atoms with Crippen molar-refractivity contribution in [2.24, 2.45) is 0 Å². The van der Waals surface area contributed by atoms with Crippen LogP contribution >= 0.6 is 0 Å². The van der Waals surface area contributed by atoms with Crippen LogP contribution in [0.15, 0.2) is 73.8 Å². The molecule has 0 unspecified atom stereocenters. The molecule has 0 N–H and O–H groups in total. The normalized spacial score (nSPS) is 9.88. The Balaban J connectivity index is 2.08. The van der Waals surface area contributed by atoms with E-state index in [1.54, 1.807) is 0 Å². The second-order valence-electron chi connectivity index (χ2n) is 3.68. The fraction of sp³-hybridized carbons (Fsp3) is 0. The molecule has 0 nitrogen and oxygen atoms in total. The maximum absolute atomic E-state index is 4.16. The van der Waals surface area contributed by atoms with Gasteiger partial charge in [-0.1, -0.05) is 0 Å². The molecule has 2 aromatic rings. The first kappa shape index (κ1) is 11.9. The first-order valence-electron chi connectivity index (χ1n) is 5.44. The molecule has 0 saturated carbocycles. The van der Waals surface area contributed by atoms with Gasteiger partial charge in [0, 0.05) is 0 Å². The van der Waals surface area contributed by atoms with Crippen molar-refractivity contribution in [1.29, 1.82) is 0 Å². The molecule has 2 rings (SSSR count). The molecule has 0 saturated heterocycles. The number of benzene rings is 2. The predicted octanol–water partition coefficient (Wildman–Crippen LogP) is 4.03. The molecule has 0 amide bonds. The van der Waals surface area contributed by atoms with Gasteiger partial charge in [0.2, 0.25) is 0 Å². The summed E-state index contributed by atoms with van der Waals surface area (Å²) in [4.78, 5) is 0. The summed E-state index contributed by atoms with van der Waals surface area (Å²) in [5.41, 5.74) is 2.43. The Kier molecular flexibility index (Phi) is 3.98. The number of hydrogen-bond donors (Lipinski definition) is 0. The van der Waals surface area contributed by atoms with Gasteiger partial charge in [0.1, 0.15) is 0 Å². The topological polar surface area (TPSA) is 0 Å². The van der Waals surface area contributed by atoms with Crippen molar-refractivity contribution in [3.05, 3.63) is 84.9 Å². The van der Waals surface area contributed by atoms with Crippen molar-refractivity contribution in [2.75, 3.05) is 0 Å². The van der Waals surface area contributed by atoms with E-state index in [-0.39, 0.29) is 15.0 Å². The van der Waals surface area contributed by atoms with Gasteiger partial charge in [-0.25, -0.2) is 0 Å². The SMILES string of the molecule is C=C([Se]C(=C)c1ccccc1)c1ccccc1. The van der Waals surface area contributed by atoms with E-state index in [1.165, 1.54) is 20.1 Å². The van der Waals surface area contributed by atoms with Crippen molar-refractivity contribution >= 4 is 23.9 Å². The molecule has 0 aromatic heterocycles. The minimum absolute atomic E-state index is 0.211. The molecule has 1 heteroatoms. The average Bonchev–Trinajstić information content (AvgIpc) is 2.40. The van der Waals surface area contributed by atoms with E-state index in [4.69, 9.17) is 0 Å². The van der Waals surface area contributed by atoms with Crippen LogP contribution in [0.5, 0.6) is 0 Å². The summed E-state index contributed by atoms with van der Waals surface area (Å²) >= 11 is 0.211. The predicted molar refractivity (Wildman–Crippen MR) is 76.7 cm³/mol. The van der Waals surface area contributed by atoms with E-state index >= 15 is 0 Å².